The zero-order valence-electron chi connectivity index (χ0n) is 14.2. The molecule has 1 N–H and O–H groups in total. The van der Waals surface area contributed by atoms with Gasteiger partial charge in [0.25, 0.3) is 10.0 Å². The molecule has 0 atom stereocenters. The van der Waals surface area contributed by atoms with Crippen molar-refractivity contribution >= 4 is 21.5 Å². The summed E-state index contributed by atoms with van der Waals surface area (Å²) in [6.07, 6.45) is 0. The van der Waals surface area contributed by atoms with Gasteiger partial charge in [0.2, 0.25) is 0 Å². The molecule has 0 heterocycles. The Bertz CT molecular complexity index is 984. The Morgan fingerprint density at radius 2 is 1.42 bits per heavy atom. The van der Waals surface area contributed by atoms with E-state index in [9.17, 15) is 8.42 Å². The highest BCUT2D eigenvalue weighted by Gasteiger charge is 2.15. The molecule has 0 fully saturated rings. The van der Waals surface area contributed by atoms with Crippen molar-refractivity contribution in [3.05, 3.63) is 90.5 Å². The summed E-state index contributed by atoms with van der Waals surface area (Å²) < 4.78 is 34.5. The number of nitrogens with one attached hydrogen (secondary N) is 1. The van der Waals surface area contributed by atoms with E-state index in [2.05, 4.69) is 9.71 Å². The molecule has 132 valence electrons. The van der Waals surface area contributed by atoms with Crippen LogP contribution in [0.25, 0.3) is 0 Å². The maximum absolute atomic E-state index is 12.7. The number of hydrogen-bond donors (Lipinski definition) is 1. The van der Waals surface area contributed by atoms with E-state index in [0.29, 0.717) is 17.0 Å². The van der Waals surface area contributed by atoms with E-state index in [1.54, 1.807) is 61.7 Å². The molecule has 0 radical (unpaired) electrons. The molecular formula is C20H18N2O3S. The molecule has 0 aromatic heterocycles. The van der Waals surface area contributed by atoms with Crippen molar-refractivity contribution in [2.24, 2.45) is 4.40 Å². The number of anilines is 1. The summed E-state index contributed by atoms with van der Waals surface area (Å²) in [5, 5.41) is 3.09. The molecule has 0 saturated heterocycles. The van der Waals surface area contributed by atoms with Crippen molar-refractivity contribution in [2.45, 2.75) is 4.90 Å². The topological polar surface area (TPSA) is 67.8 Å². The van der Waals surface area contributed by atoms with E-state index in [-0.39, 0.29) is 10.7 Å². The Kier molecular flexibility index (Phi) is 5.34. The van der Waals surface area contributed by atoms with Gasteiger partial charge in [0.05, 0.1) is 12.0 Å². The van der Waals surface area contributed by atoms with Gasteiger partial charge in [-0.2, -0.15) is 8.42 Å². The summed E-state index contributed by atoms with van der Waals surface area (Å²) >= 11 is 0. The second kappa shape index (κ2) is 7.84. The SMILES string of the molecule is COc1ccc(NC(=NS(=O)(=O)c2ccccc2)c2ccccc2)cc1. The third-order valence-electron chi connectivity index (χ3n) is 3.65. The van der Waals surface area contributed by atoms with Crippen LogP contribution in [0.3, 0.4) is 0 Å². The van der Waals surface area contributed by atoms with E-state index < -0.39 is 10.0 Å². The standard InChI is InChI=1S/C20H18N2O3S/c1-25-18-14-12-17(13-15-18)21-20(16-8-4-2-5-9-16)22-26(23,24)19-10-6-3-7-11-19/h2-15H,1H3,(H,21,22). The number of sulfonamides is 1. The van der Waals surface area contributed by atoms with Crippen LogP contribution in [0.5, 0.6) is 5.75 Å². The molecule has 0 bridgehead atoms. The Morgan fingerprint density at radius 3 is 2.00 bits per heavy atom. The first-order chi connectivity index (χ1) is 12.6. The third kappa shape index (κ3) is 4.29. The summed E-state index contributed by atoms with van der Waals surface area (Å²) in [7, 11) is -2.25. The monoisotopic (exact) mass is 366 g/mol. The lowest BCUT2D eigenvalue weighted by atomic mass is 10.2. The summed E-state index contributed by atoms with van der Waals surface area (Å²) in [5.74, 6) is 0.963. The van der Waals surface area contributed by atoms with Gasteiger partial charge < -0.3 is 10.1 Å². The van der Waals surface area contributed by atoms with Crippen LogP contribution in [-0.2, 0) is 10.0 Å². The number of methoxy groups -OCH3 is 1. The minimum absolute atomic E-state index is 0.143. The molecule has 0 unspecified atom stereocenters. The smallest absolute Gasteiger partial charge is 0.284 e. The second-order valence-electron chi connectivity index (χ2n) is 5.45. The number of rotatable bonds is 5. The lowest BCUT2D eigenvalue weighted by Crippen LogP contribution is -2.16. The average molecular weight is 366 g/mol. The molecule has 0 saturated carbocycles. The van der Waals surface area contributed by atoms with Crippen LogP contribution >= 0.6 is 0 Å². The first-order valence-electron chi connectivity index (χ1n) is 7.95. The van der Waals surface area contributed by atoms with Gasteiger partial charge in [-0.15, -0.1) is 4.40 Å². The predicted octanol–water partition coefficient (Wildman–Crippen LogP) is 3.94. The van der Waals surface area contributed by atoms with Gasteiger partial charge in [0, 0.05) is 11.3 Å². The predicted molar refractivity (Wildman–Crippen MR) is 103 cm³/mol. The summed E-state index contributed by atoms with van der Waals surface area (Å²) in [6, 6.07) is 24.4. The van der Waals surface area contributed by atoms with Crippen molar-refractivity contribution in [1.82, 2.24) is 0 Å². The molecule has 0 aliphatic carbocycles. The zero-order chi connectivity index (χ0) is 18.4. The van der Waals surface area contributed by atoms with Gasteiger partial charge >= 0.3 is 0 Å². The van der Waals surface area contributed by atoms with Crippen molar-refractivity contribution in [1.29, 1.82) is 0 Å². The number of hydrogen-bond acceptors (Lipinski definition) is 3. The van der Waals surface area contributed by atoms with Crippen LogP contribution in [0, 0.1) is 0 Å². The fourth-order valence-corrected chi connectivity index (χ4v) is 3.32. The molecule has 26 heavy (non-hydrogen) atoms. The van der Waals surface area contributed by atoms with Crippen LogP contribution in [0.1, 0.15) is 5.56 Å². The minimum atomic E-state index is -3.84. The fourth-order valence-electron chi connectivity index (χ4n) is 2.32. The van der Waals surface area contributed by atoms with Gasteiger partial charge in [-0.05, 0) is 36.4 Å². The van der Waals surface area contributed by atoms with Crippen molar-refractivity contribution in [3.8, 4) is 5.75 Å². The van der Waals surface area contributed by atoms with Gasteiger partial charge in [-0.3, -0.25) is 0 Å². The Labute approximate surface area is 153 Å². The molecule has 3 aromatic carbocycles. The largest absolute Gasteiger partial charge is 0.497 e. The van der Waals surface area contributed by atoms with Crippen LogP contribution in [0.4, 0.5) is 5.69 Å². The van der Waals surface area contributed by atoms with Crippen LogP contribution < -0.4 is 10.1 Å². The maximum atomic E-state index is 12.7. The summed E-state index contributed by atoms with van der Waals surface area (Å²) in [6.45, 7) is 0. The lowest BCUT2D eigenvalue weighted by molar-refractivity contribution is 0.415. The highest BCUT2D eigenvalue weighted by atomic mass is 32.2. The first-order valence-corrected chi connectivity index (χ1v) is 9.39. The van der Waals surface area contributed by atoms with Crippen molar-refractivity contribution < 1.29 is 13.2 Å². The number of ether oxygens (including phenoxy) is 1. The average Bonchev–Trinajstić information content (AvgIpc) is 2.69. The first kappa shape index (κ1) is 17.7. The van der Waals surface area contributed by atoms with Gasteiger partial charge in [0.1, 0.15) is 5.75 Å². The van der Waals surface area contributed by atoms with Crippen LogP contribution in [-0.4, -0.2) is 21.4 Å². The Balaban J connectivity index is 2.01. The Morgan fingerprint density at radius 1 is 0.846 bits per heavy atom. The molecule has 0 aliphatic heterocycles. The second-order valence-corrected chi connectivity index (χ2v) is 7.05. The normalized spacial score (nSPS) is 11.8. The van der Waals surface area contributed by atoms with E-state index in [4.69, 9.17) is 4.74 Å². The molecule has 6 heteroatoms. The van der Waals surface area contributed by atoms with Gasteiger partial charge in [-0.25, -0.2) is 0 Å². The van der Waals surface area contributed by atoms with Crippen LogP contribution in [0.15, 0.2) is 94.2 Å². The van der Waals surface area contributed by atoms with E-state index in [1.807, 2.05) is 18.2 Å². The van der Waals surface area contributed by atoms with Crippen molar-refractivity contribution in [3.63, 3.8) is 0 Å². The zero-order valence-corrected chi connectivity index (χ0v) is 15.0. The maximum Gasteiger partial charge on any atom is 0.284 e. The molecule has 5 nitrogen and oxygen atoms in total. The van der Waals surface area contributed by atoms with Crippen LogP contribution in [0.2, 0.25) is 0 Å². The van der Waals surface area contributed by atoms with E-state index in [1.165, 1.54) is 12.1 Å². The molecule has 3 rings (SSSR count). The molecule has 0 aliphatic rings. The lowest BCUT2D eigenvalue weighted by Gasteiger charge is -2.11. The molecular weight excluding hydrogens is 348 g/mol. The molecule has 0 amide bonds. The van der Waals surface area contributed by atoms with E-state index >= 15 is 0 Å². The Hall–Kier alpha value is -3.12. The highest BCUT2D eigenvalue weighted by molar-refractivity contribution is 7.90. The van der Waals surface area contributed by atoms with Crippen molar-refractivity contribution in [2.75, 3.05) is 12.4 Å². The number of amidine groups is 1. The number of benzene rings is 3. The molecule has 3 aromatic rings. The fraction of sp³-hybridized carbons (Fsp3) is 0.0500. The number of nitrogens with zero attached hydrogens (tertiary/aromatic N) is 1. The minimum Gasteiger partial charge on any atom is -0.497 e. The van der Waals surface area contributed by atoms with Gasteiger partial charge in [-0.1, -0.05) is 48.5 Å². The summed E-state index contributed by atoms with van der Waals surface area (Å²) in [5.41, 5.74) is 1.37. The molecule has 0 spiro atoms. The summed E-state index contributed by atoms with van der Waals surface area (Å²) in [4.78, 5) is 0.143. The third-order valence-corrected chi connectivity index (χ3v) is 4.94. The van der Waals surface area contributed by atoms with Gasteiger partial charge in [0.15, 0.2) is 5.84 Å². The highest BCUT2D eigenvalue weighted by Crippen LogP contribution is 2.18. The van der Waals surface area contributed by atoms with E-state index in [0.717, 1.165) is 0 Å². The quantitative estimate of drug-likeness (QED) is 0.548.